The van der Waals surface area contributed by atoms with Crippen LogP contribution in [0, 0.1) is 5.41 Å². The summed E-state index contributed by atoms with van der Waals surface area (Å²) >= 11 is 0. The summed E-state index contributed by atoms with van der Waals surface area (Å²) in [6, 6.07) is 0. The second kappa shape index (κ2) is 11.0. The van der Waals surface area contributed by atoms with Crippen molar-refractivity contribution in [3.8, 4) is 0 Å². The van der Waals surface area contributed by atoms with E-state index in [0.29, 0.717) is 6.54 Å². The summed E-state index contributed by atoms with van der Waals surface area (Å²) in [4.78, 5) is 0. The highest BCUT2D eigenvalue weighted by Gasteiger charge is 2.24. The van der Waals surface area contributed by atoms with Crippen LogP contribution in [0.15, 0.2) is 0 Å². The number of aliphatic hydroxyl groups excluding tert-OH is 1. The van der Waals surface area contributed by atoms with Gasteiger partial charge in [-0.2, -0.15) is 0 Å². The number of hydrogen-bond acceptors (Lipinski definition) is 2. The predicted octanol–water partition coefficient (Wildman–Crippen LogP) is 3.86. The second-order valence-electron chi connectivity index (χ2n) is 5.44. The standard InChI is InChI=1S/C15H33NO/c1-3-5-6-7-8-9-10-11-12-15(4-2,13-16)14-17/h17H,3-14,16H2,1-2H3. The number of nitrogens with two attached hydrogens (primary N) is 1. The van der Waals surface area contributed by atoms with Crippen molar-refractivity contribution in [3.05, 3.63) is 0 Å². The lowest BCUT2D eigenvalue weighted by Gasteiger charge is -2.29. The summed E-state index contributed by atoms with van der Waals surface area (Å²) in [7, 11) is 0. The minimum Gasteiger partial charge on any atom is -0.396 e. The van der Waals surface area contributed by atoms with Crippen molar-refractivity contribution in [2.45, 2.75) is 78.1 Å². The average Bonchev–Trinajstić information content (AvgIpc) is 2.38. The van der Waals surface area contributed by atoms with Crippen LogP contribution >= 0.6 is 0 Å². The lowest BCUT2D eigenvalue weighted by Crippen LogP contribution is -2.33. The average molecular weight is 243 g/mol. The molecule has 17 heavy (non-hydrogen) atoms. The zero-order valence-corrected chi connectivity index (χ0v) is 12.0. The Labute approximate surface area is 108 Å². The van der Waals surface area contributed by atoms with E-state index in [0.717, 1.165) is 12.8 Å². The van der Waals surface area contributed by atoms with E-state index in [4.69, 9.17) is 5.73 Å². The molecule has 0 fully saturated rings. The molecule has 0 aromatic carbocycles. The van der Waals surface area contributed by atoms with E-state index in [9.17, 15) is 5.11 Å². The molecule has 0 aliphatic heterocycles. The largest absolute Gasteiger partial charge is 0.396 e. The van der Waals surface area contributed by atoms with Crippen LogP contribution in [-0.2, 0) is 0 Å². The van der Waals surface area contributed by atoms with Crippen LogP contribution < -0.4 is 5.73 Å². The van der Waals surface area contributed by atoms with Crippen LogP contribution in [0.1, 0.15) is 78.1 Å². The number of hydrogen-bond donors (Lipinski definition) is 2. The van der Waals surface area contributed by atoms with Crippen molar-refractivity contribution in [1.82, 2.24) is 0 Å². The van der Waals surface area contributed by atoms with Gasteiger partial charge in [0, 0.05) is 18.6 Å². The molecule has 3 N–H and O–H groups in total. The Morgan fingerprint density at radius 1 is 0.882 bits per heavy atom. The molecular formula is C15H33NO. The van der Waals surface area contributed by atoms with Crippen LogP contribution in [-0.4, -0.2) is 18.3 Å². The van der Waals surface area contributed by atoms with Gasteiger partial charge in [-0.05, 0) is 12.8 Å². The summed E-state index contributed by atoms with van der Waals surface area (Å²) in [6.45, 7) is 5.26. The van der Waals surface area contributed by atoms with Crippen molar-refractivity contribution < 1.29 is 5.11 Å². The normalized spacial score (nSPS) is 14.8. The monoisotopic (exact) mass is 243 g/mol. The van der Waals surface area contributed by atoms with Crippen LogP contribution in [0.3, 0.4) is 0 Å². The predicted molar refractivity (Wildman–Crippen MR) is 76.1 cm³/mol. The molecule has 0 aromatic heterocycles. The molecular weight excluding hydrogens is 210 g/mol. The fourth-order valence-corrected chi connectivity index (χ4v) is 2.31. The maximum atomic E-state index is 9.40. The fraction of sp³-hybridized carbons (Fsp3) is 1.00. The summed E-state index contributed by atoms with van der Waals surface area (Å²) in [5, 5.41) is 9.40. The van der Waals surface area contributed by atoms with Gasteiger partial charge in [0.15, 0.2) is 0 Å². The van der Waals surface area contributed by atoms with Crippen LogP contribution in [0.4, 0.5) is 0 Å². The molecule has 0 aromatic rings. The number of aliphatic hydroxyl groups is 1. The smallest absolute Gasteiger partial charge is 0.0499 e. The molecule has 0 saturated carbocycles. The third kappa shape index (κ3) is 7.77. The first-order valence-electron chi connectivity index (χ1n) is 7.55. The van der Waals surface area contributed by atoms with Crippen molar-refractivity contribution in [2.24, 2.45) is 11.1 Å². The van der Waals surface area contributed by atoms with E-state index in [1.54, 1.807) is 0 Å². The Kier molecular flexibility index (Phi) is 11.0. The molecule has 1 atom stereocenters. The Morgan fingerprint density at radius 2 is 1.41 bits per heavy atom. The van der Waals surface area contributed by atoms with Gasteiger partial charge in [0.2, 0.25) is 0 Å². The minimum atomic E-state index is 0.00219. The topological polar surface area (TPSA) is 46.2 Å². The maximum absolute atomic E-state index is 9.40. The number of rotatable bonds is 12. The van der Waals surface area contributed by atoms with E-state index in [2.05, 4.69) is 13.8 Å². The third-order valence-electron chi connectivity index (χ3n) is 4.08. The summed E-state index contributed by atoms with van der Waals surface area (Å²) in [6.07, 6.45) is 12.8. The molecule has 2 nitrogen and oxygen atoms in total. The van der Waals surface area contributed by atoms with E-state index >= 15 is 0 Å². The molecule has 0 bridgehead atoms. The summed E-state index contributed by atoms with van der Waals surface area (Å²) in [5.74, 6) is 0. The molecule has 1 unspecified atom stereocenters. The van der Waals surface area contributed by atoms with Gasteiger partial charge in [0.1, 0.15) is 0 Å². The van der Waals surface area contributed by atoms with E-state index in [1.165, 1.54) is 51.4 Å². The molecule has 104 valence electrons. The fourth-order valence-electron chi connectivity index (χ4n) is 2.31. The highest BCUT2D eigenvalue weighted by molar-refractivity contribution is 4.77. The van der Waals surface area contributed by atoms with E-state index in [-0.39, 0.29) is 12.0 Å². The van der Waals surface area contributed by atoms with Crippen LogP contribution in [0.5, 0.6) is 0 Å². The Balaban J connectivity index is 3.43. The van der Waals surface area contributed by atoms with Crippen molar-refractivity contribution >= 4 is 0 Å². The maximum Gasteiger partial charge on any atom is 0.0499 e. The molecule has 0 aliphatic rings. The SMILES string of the molecule is CCCCCCCCCCC(CC)(CN)CO. The molecule has 0 spiro atoms. The third-order valence-corrected chi connectivity index (χ3v) is 4.08. The Morgan fingerprint density at radius 3 is 1.82 bits per heavy atom. The summed E-state index contributed by atoms with van der Waals surface area (Å²) in [5.41, 5.74) is 5.77. The first-order chi connectivity index (χ1) is 8.24. The highest BCUT2D eigenvalue weighted by atomic mass is 16.3. The molecule has 0 radical (unpaired) electrons. The van der Waals surface area contributed by atoms with Crippen LogP contribution in [0.2, 0.25) is 0 Å². The Hall–Kier alpha value is -0.0800. The molecule has 0 amide bonds. The van der Waals surface area contributed by atoms with Crippen molar-refractivity contribution in [1.29, 1.82) is 0 Å². The first kappa shape index (κ1) is 16.9. The number of unbranched alkanes of at least 4 members (excludes halogenated alkanes) is 7. The van der Waals surface area contributed by atoms with Gasteiger partial charge in [0.05, 0.1) is 0 Å². The lowest BCUT2D eigenvalue weighted by molar-refractivity contribution is 0.114. The molecule has 2 heteroatoms. The second-order valence-corrected chi connectivity index (χ2v) is 5.44. The quantitative estimate of drug-likeness (QED) is 0.511. The Bertz CT molecular complexity index is 147. The van der Waals surface area contributed by atoms with E-state index < -0.39 is 0 Å². The van der Waals surface area contributed by atoms with Gasteiger partial charge in [-0.15, -0.1) is 0 Å². The minimum absolute atomic E-state index is 0.00219. The van der Waals surface area contributed by atoms with Gasteiger partial charge in [0.25, 0.3) is 0 Å². The van der Waals surface area contributed by atoms with Crippen LogP contribution in [0.25, 0.3) is 0 Å². The van der Waals surface area contributed by atoms with Gasteiger partial charge in [-0.3, -0.25) is 0 Å². The van der Waals surface area contributed by atoms with E-state index in [1.807, 2.05) is 0 Å². The molecule has 0 aliphatic carbocycles. The van der Waals surface area contributed by atoms with Gasteiger partial charge < -0.3 is 10.8 Å². The lowest BCUT2D eigenvalue weighted by atomic mass is 9.81. The van der Waals surface area contributed by atoms with Crippen molar-refractivity contribution in [3.63, 3.8) is 0 Å². The van der Waals surface area contributed by atoms with Gasteiger partial charge in [-0.25, -0.2) is 0 Å². The van der Waals surface area contributed by atoms with Crippen molar-refractivity contribution in [2.75, 3.05) is 13.2 Å². The van der Waals surface area contributed by atoms with Gasteiger partial charge in [-0.1, -0.05) is 65.2 Å². The molecule has 0 heterocycles. The zero-order chi connectivity index (χ0) is 13.0. The van der Waals surface area contributed by atoms with Gasteiger partial charge >= 0.3 is 0 Å². The summed E-state index contributed by atoms with van der Waals surface area (Å²) < 4.78 is 0. The highest BCUT2D eigenvalue weighted by Crippen LogP contribution is 2.27. The zero-order valence-electron chi connectivity index (χ0n) is 12.0. The first-order valence-corrected chi connectivity index (χ1v) is 7.55. The molecule has 0 saturated heterocycles. The molecule has 0 rings (SSSR count).